The third-order valence-corrected chi connectivity index (χ3v) is 4.05. The highest BCUT2D eigenvalue weighted by molar-refractivity contribution is 7.89. The summed E-state index contributed by atoms with van der Waals surface area (Å²) in [5.41, 5.74) is 2.41. The van der Waals surface area contributed by atoms with Crippen LogP contribution in [0.4, 0.5) is 0 Å². The van der Waals surface area contributed by atoms with Crippen LogP contribution in [0.15, 0.2) is 18.3 Å². The first-order valence-electron chi connectivity index (χ1n) is 6.24. The number of hydrogen-bond donors (Lipinski definition) is 2. The van der Waals surface area contributed by atoms with Gasteiger partial charge in [-0.05, 0) is 43.9 Å². The molecule has 0 aromatic carbocycles. The maximum absolute atomic E-state index is 10.8. The molecule has 0 saturated carbocycles. The van der Waals surface area contributed by atoms with Crippen molar-refractivity contribution in [2.45, 2.75) is 31.7 Å². The summed E-state index contributed by atoms with van der Waals surface area (Å²) < 4.78 is 21.6. The first kappa shape index (κ1) is 13.5. The Morgan fingerprint density at radius 3 is 3.11 bits per heavy atom. The van der Waals surface area contributed by atoms with Crippen LogP contribution in [0.3, 0.4) is 0 Å². The molecule has 1 aromatic heterocycles. The fourth-order valence-electron chi connectivity index (χ4n) is 2.36. The summed E-state index contributed by atoms with van der Waals surface area (Å²) in [6.07, 6.45) is 5.63. The molecule has 3 N–H and O–H groups in total. The smallest absolute Gasteiger partial charge is 0.209 e. The van der Waals surface area contributed by atoms with Gasteiger partial charge in [0.1, 0.15) is 0 Å². The molecule has 6 heteroatoms. The van der Waals surface area contributed by atoms with Gasteiger partial charge in [-0.2, -0.15) is 0 Å². The maximum atomic E-state index is 10.8. The zero-order chi connectivity index (χ0) is 13.0. The third-order valence-electron chi connectivity index (χ3n) is 3.19. The molecule has 5 nitrogen and oxygen atoms in total. The van der Waals surface area contributed by atoms with Crippen LogP contribution in [0, 0.1) is 0 Å². The summed E-state index contributed by atoms with van der Waals surface area (Å²) in [7, 11) is -3.34. The van der Waals surface area contributed by atoms with E-state index >= 15 is 0 Å². The van der Waals surface area contributed by atoms with Crippen LogP contribution in [0.25, 0.3) is 0 Å². The second-order valence-corrected chi connectivity index (χ2v) is 6.40. The Hall–Kier alpha value is -0.980. The molecule has 1 heterocycles. The number of rotatable bonds is 5. The lowest BCUT2D eigenvalue weighted by atomic mass is 9.92. The van der Waals surface area contributed by atoms with E-state index in [9.17, 15) is 8.42 Å². The van der Waals surface area contributed by atoms with E-state index in [0.717, 1.165) is 25.0 Å². The Bertz CT molecular complexity index is 502. The largest absolute Gasteiger partial charge is 0.309 e. The minimum atomic E-state index is -3.34. The van der Waals surface area contributed by atoms with Crippen molar-refractivity contribution in [2.75, 3.05) is 12.3 Å². The van der Waals surface area contributed by atoms with Crippen LogP contribution in [0.1, 0.15) is 36.6 Å². The van der Waals surface area contributed by atoms with E-state index in [1.807, 2.05) is 12.3 Å². The minimum Gasteiger partial charge on any atom is -0.309 e. The zero-order valence-corrected chi connectivity index (χ0v) is 11.1. The topological polar surface area (TPSA) is 85.1 Å². The van der Waals surface area contributed by atoms with Gasteiger partial charge in [0.2, 0.25) is 10.0 Å². The summed E-state index contributed by atoms with van der Waals surface area (Å²) in [4.78, 5) is 4.42. The van der Waals surface area contributed by atoms with Gasteiger partial charge in [0.05, 0.1) is 11.4 Å². The fourth-order valence-corrected chi connectivity index (χ4v) is 2.90. The highest BCUT2D eigenvalue weighted by Crippen LogP contribution is 2.27. The Balaban J connectivity index is 1.88. The molecule has 1 aliphatic rings. The average molecular weight is 269 g/mol. The highest BCUT2D eigenvalue weighted by Gasteiger charge is 2.20. The quantitative estimate of drug-likeness (QED) is 0.772. The SMILES string of the molecule is NS(=O)(=O)CCCNC1CCCc2cccnc21. The van der Waals surface area contributed by atoms with Crippen molar-refractivity contribution in [3.8, 4) is 0 Å². The van der Waals surface area contributed by atoms with E-state index in [2.05, 4.69) is 16.4 Å². The van der Waals surface area contributed by atoms with Crippen molar-refractivity contribution in [3.63, 3.8) is 0 Å². The first-order chi connectivity index (χ1) is 8.56. The predicted molar refractivity (Wildman–Crippen MR) is 70.5 cm³/mol. The molecule has 0 amide bonds. The van der Waals surface area contributed by atoms with E-state index < -0.39 is 10.0 Å². The third kappa shape index (κ3) is 3.76. The van der Waals surface area contributed by atoms with Gasteiger partial charge in [0.15, 0.2) is 0 Å². The van der Waals surface area contributed by atoms with Crippen LogP contribution in [0.2, 0.25) is 0 Å². The van der Waals surface area contributed by atoms with Gasteiger partial charge in [-0.3, -0.25) is 4.98 Å². The van der Waals surface area contributed by atoms with Crippen LogP contribution >= 0.6 is 0 Å². The number of primary sulfonamides is 1. The molecule has 1 atom stereocenters. The number of nitrogens with zero attached hydrogens (tertiary/aromatic N) is 1. The monoisotopic (exact) mass is 269 g/mol. The molecule has 1 aromatic rings. The molecule has 100 valence electrons. The van der Waals surface area contributed by atoms with Crippen LogP contribution < -0.4 is 10.5 Å². The number of aromatic nitrogens is 1. The zero-order valence-electron chi connectivity index (χ0n) is 10.3. The van der Waals surface area contributed by atoms with Crippen molar-refractivity contribution in [3.05, 3.63) is 29.6 Å². The van der Waals surface area contributed by atoms with Crippen molar-refractivity contribution in [1.82, 2.24) is 10.3 Å². The Kier molecular flexibility index (Phi) is 4.31. The number of nitrogens with one attached hydrogen (secondary N) is 1. The standard InChI is InChI=1S/C12H19N3O2S/c13-18(16,17)9-3-8-14-11-6-1-4-10-5-2-7-15-12(10)11/h2,5,7,11,14H,1,3-4,6,8-9H2,(H2,13,16,17). The molecule has 0 aliphatic heterocycles. The van der Waals surface area contributed by atoms with Crippen LogP contribution in [-0.2, 0) is 16.4 Å². The molecule has 1 aliphatic carbocycles. The molecule has 0 radical (unpaired) electrons. The maximum Gasteiger partial charge on any atom is 0.209 e. The van der Waals surface area contributed by atoms with Gasteiger partial charge in [0, 0.05) is 12.2 Å². The van der Waals surface area contributed by atoms with Gasteiger partial charge in [-0.15, -0.1) is 0 Å². The summed E-state index contributed by atoms with van der Waals surface area (Å²) in [5, 5.41) is 8.33. The van der Waals surface area contributed by atoms with E-state index in [1.54, 1.807) is 0 Å². The molecule has 0 spiro atoms. The lowest BCUT2D eigenvalue weighted by molar-refractivity contribution is 0.449. The van der Waals surface area contributed by atoms with Gasteiger partial charge in [0.25, 0.3) is 0 Å². The number of fused-ring (bicyclic) bond motifs is 1. The molecule has 1 unspecified atom stereocenters. The second-order valence-electron chi connectivity index (χ2n) is 4.67. The summed E-state index contributed by atoms with van der Waals surface area (Å²) in [6.45, 7) is 0.650. The Morgan fingerprint density at radius 2 is 2.33 bits per heavy atom. The van der Waals surface area contributed by atoms with E-state index in [-0.39, 0.29) is 11.8 Å². The minimum absolute atomic E-state index is 0.0296. The van der Waals surface area contributed by atoms with Crippen LogP contribution in [0.5, 0.6) is 0 Å². The molecule has 0 fully saturated rings. The number of pyridine rings is 1. The van der Waals surface area contributed by atoms with Gasteiger partial charge < -0.3 is 5.32 Å². The fraction of sp³-hybridized carbons (Fsp3) is 0.583. The summed E-state index contributed by atoms with van der Waals surface area (Å²) >= 11 is 0. The van der Waals surface area contributed by atoms with E-state index in [1.165, 1.54) is 5.56 Å². The lowest BCUT2D eigenvalue weighted by Crippen LogP contribution is -2.28. The second kappa shape index (κ2) is 5.77. The highest BCUT2D eigenvalue weighted by atomic mass is 32.2. The van der Waals surface area contributed by atoms with Gasteiger partial charge >= 0.3 is 0 Å². The number of hydrogen-bond acceptors (Lipinski definition) is 4. The van der Waals surface area contributed by atoms with Crippen molar-refractivity contribution >= 4 is 10.0 Å². The molecular weight excluding hydrogens is 250 g/mol. The Labute approximate surface area is 108 Å². The molecule has 18 heavy (non-hydrogen) atoms. The molecule has 0 bridgehead atoms. The normalized spacial score (nSPS) is 19.5. The summed E-state index contributed by atoms with van der Waals surface area (Å²) in [6, 6.07) is 4.32. The number of nitrogens with two attached hydrogens (primary N) is 1. The van der Waals surface area contributed by atoms with Crippen molar-refractivity contribution in [1.29, 1.82) is 0 Å². The van der Waals surface area contributed by atoms with Gasteiger partial charge in [-0.25, -0.2) is 13.6 Å². The molecular formula is C12H19N3O2S. The van der Waals surface area contributed by atoms with E-state index in [0.29, 0.717) is 13.0 Å². The molecule has 2 rings (SSSR count). The van der Waals surface area contributed by atoms with Crippen LogP contribution in [-0.4, -0.2) is 25.7 Å². The van der Waals surface area contributed by atoms with Gasteiger partial charge in [-0.1, -0.05) is 6.07 Å². The first-order valence-corrected chi connectivity index (χ1v) is 7.95. The Morgan fingerprint density at radius 1 is 1.50 bits per heavy atom. The summed E-state index contributed by atoms with van der Waals surface area (Å²) in [5.74, 6) is 0.0296. The molecule has 0 saturated heterocycles. The van der Waals surface area contributed by atoms with Crippen molar-refractivity contribution < 1.29 is 8.42 Å². The average Bonchev–Trinajstić information content (AvgIpc) is 2.33. The van der Waals surface area contributed by atoms with E-state index in [4.69, 9.17) is 5.14 Å². The number of sulfonamides is 1. The van der Waals surface area contributed by atoms with Crippen molar-refractivity contribution in [2.24, 2.45) is 5.14 Å². The number of aryl methyl sites for hydroxylation is 1. The lowest BCUT2D eigenvalue weighted by Gasteiger charge is -2.25. The predicted octanol–water partition coefficient (Wildman–Crippen LogP) is 0.727.